The number of carbonyl (C=O) groups is 1. The van der Waals surface area contributed by atoms with Gasteiger partial charge in [-0.2, -0.15) is 0 Å². The van der Waals surface area contributed by atoms with E-state index in [1.165, 1.54) is 13.5 Å². The molecule has 0 N–H and O–H groups in total. The van der Waals surface area contributed by atoms with Gasteiger partial charge in [0.15, 0.2) is 0 Å². The summed E-state index contributed by atoms with van der Waals surface area (Å²) in [4.78, 5) is 10.8. The number of methoxy groups -OCH3 is 1. The highest BCUT2D eigenvalue weighted by Gasteiger charge is 2.00. The highest BCUT2D eigenvalue weighted by molar-refractivity contribution is 5.89. The van der Waals surface area contributed by atoms with Crippen LogP contribution in [0.3, 0.4) is 0 Å². The van der Waals surface area contributed by atoms with Gasteiger partial charge in [-0.25, -0.2) is 4.79 Å². The maximum absolute atomic E-state index is 10.8. The van der Waals surface area contributed by atoms with Crippen LogP contribution in [0, 0.1) is 0 Å². The Morgan fingerprint density at radius 3 is 2.08 bits per heavy atom. The van der Waals surface area contributed by atoms with Crippen LogP contribution in [0.4, 0.5) is 0 Å². The van der Waals surface area contributed by atoms with E-state index in [0.717, 1.165) is 0 Å². The molecule has 0 spiro atoms. The van der Waals surface area contributed by atoms with Crippen molar-refractivity contribution in [1.29, 1.82) is 0 Å². The molecule has 1 aromatic carbocycles. The van der Waals surface area contributed by atoms with Crippen molar-refractivity contribution in [3.8, 4) is 0 Å². The maximum atomic E-state index is 10.8. The fourth-order valence-electron chi connectivity index (χ4n) is 0.692. The predicted octanol–water partition coefficient (Wildman–Crippen LogP) is 2.89. The minimum Gasteiger partial charge on any atom is -0.465 e. The van der Waals surface area contributed by atoms with Crippen molar-refractivity contribution in [3.63, 3.8) is 0 Å². The largest absolute Gasteiger partial charge is 0.465 e. The number of carbonyl (C=O) groups excluding carboxylic acids is 1. The third kappa shape index (κ3) is 5.01. The summed E-state index contributed by atoms with van der Waals surface area (Å²) in [5.41, 5.74) is 0.588. The van der Waals surface area contributed by atoms with Crippen molar-refractivity contribution in [2.75, 3.05) is 7.11 Å². The third-order valence-electron chi connectivity index (χ3n) is 1.19. The number of hydrogen-bond acceptors (Lipinski definition) is 2. The Bertz CT molecular complexity index is 229. The lowest BCUT2D eigenvalue weighted by molar-refractivity contribution is 0.0601. The van der Waals surface area contributed by atoms with Gasteiger partial charge in [0.05, 0.1) is 12.7 Å². The predicted molar refractivity (Wildman–Crippen MR) is 53.7 cm³/mol. The van der Waals surface area contributed by atoms with E-state index in [1.54, 1.807) is 24.3 Å². The molecule has 0 fully saturated rings. The minimum absolute atomic E-state index is 0.291. The van der Waals surface area contributed by atoms with Crippen molar-refractivity contribution in [3.05, 3.63) is 35.9 Å². The van der Waals surface area contributed by atoms with Crippen LogP contribution in [0.5, 0.6) is 0 Å². The van der Waals surface area contributed by atoms with E-state index >= 15 is 0 Å². The molecule has 0 heterocycles. The molecule has 0 aromatic heterocycles. The summed E-state index contributed by atoms with van der Waals surface area (Å²) >= 11 is 0. The van der Waals surface area contributed by atoms with Gasteiger partial charge in [-0.3, -0.25) is 0 Å². The van der Waals surface area contributed by atoms with Crippen LogP contribution in [-0.4, -0.2) is 13.1 Å². The summed E-state index contributed by atoms with van der Waals surface area (Å²) in [6.45, 7) is 4.25. The first-order valence-corrected chi connectivity index (χ1v) is 4.39. The molecule has 0 aliphatic heterocycles. The van der Waals surface area contributed by atoms with E-state index in [1.807, 2.05) is 6.07 Å². The average molecular weight is 180 g/mol. The van der Waals surface area contributed by atoms with Crippen molar-refractivity contribution in [2.24, 2.45) is 0 Å². The summed E-state index contributed by atoms with van der Waals surface area (Å²) in [6, 6.07) is 8.88. The molecule has 1 aromatic rings. The molecule has 0 radical (unpaired) electrons. The first-order valence-electron chi connectivity index (χ1n) is 4.39. The number of rotatable bonds is 1. The molecule has 0 saturated heterocycles. The minimum atomic E-state index is -0.291. The third-order valence-corrected chi connectivity index (χ3v) is 1.19. The lowest BCUT2D eigenvalue weighted by atomic mass is 10.2. The van der Waals surface area contributed by atoms with Crippen LogP contribution >= 0.6 is 0 Å². The Hall–Kier alpha value is -1.31. The Morgan fingerprint density at radius 1 is 1.23 bits per heavy atom. The SMILES string of the molecule is CCC.COC(=O)c1ccccc1. The molecule has 0 amide bonds. The van der Waals surface area contributed by atoms with Crippen molar-refractivity contribution < 1.29 is 9.53 Å². The molecule has 0 aliphatic carbocycles. The Kier molecular flexibility index (Phi) is 6.60. The lowest BCUT2D eigenvalue weighted by Gasteiger charge is -1.95. The molecule has 1 rings (SSSR count). The molecule has 13 heavy (non-hydrogen) atoms. The van der Waals surface area contributed by atoms with Gasteiger partial charge >= 0.3 is 5.97 Å². The van der Waals surface area contributed by atoms with Gasteiger partial charge in [-0.1, -0.05) is 38.5 Å². The quantitative estimate of drug-likeness (QED) is 0.621. The standard InChI is InChI=1S/C8H8O2.C3H8/c1-10-8(9)7-5-3-2-4-6-7;1-3-2/h2-6H,1H3;3H2,1-2H3. The van der Waals surface area contributed by atoms with Crippen LogP contribution in [-0.2, 0) is 4.74 Å². The maximum Gasteiger partial charge on any atom is 0.337 e. The fourth-order valence-corrected chi connectivity index (χ4v) is 0.692. The van der Waals surface area contributed by atoms with Gasteiger partial charge in [0, 0.05) is 0 Å². The zero-order valence-corrected chi connectivity index (χ0v) is 8.41. The van der Waals surface area contributed by atoms with E-state index in [-0.39, 0.29) is 5.97 Å². The zero-order chi connectivity index (χ0) is 10.1. The second-order valence-corrected chi connectivity index (χ2v) is 2.56. The average Bonchev–Trinajstić information content (AvgIpc) is 2.19. The Labute approximate surface area is 79.5 Å². The van der Waals surface area contributed by atoms with Gasteiger partial charge < -0.3 is 4.74 Å². The van der Waals surface area contributed by atoms with Crippen molar-refractivity contribution in [1.82, 2.24) is 0 Å². The molecule has 2 heteroatoms. The van der Waals surface area contributed by atoms with Crippen molar-refractivity contribution >= 4 is 5.97 Å². The molecule has 2 nitrogen and oxygen atoms in total. The van der Waals surface area contributed by atoms with E-state index in [9.17, 15) is 4.79 Å². The van der Waals surface area contributed by atoms with Gasteiger partial charge in [0.2, 0.25) is 0 Å². The van der Waals surface area contributed by atoms with Crippen LogP contribution in [0.1, 0.15) is 30.6 Å². The topological polar surface area (TPSA) is 26.3 Å². The molecule has 0 saturated carbocycles. The van der Waals surface area contributed by atoms with Crippen LogP contribution in [0.2, 0.25) is 0 Å². The summed E-state index contributed by atoms with van der Waals surface area (Å²) in [5.74, 6) is -0.291. The molecule has 0 aliphatic rings. The normalized spacial score (nSPS) is 8.23. The number of benzene rings is 1. The smallest absolute Gasteiger partial charge is 0.337 e. The van der Waals surface area contributed by atoms with Gasteiger partial charge in [-0.15, -0.1) is 0 Å². The Morgan fingerprint density at radius 2 is 1.69 bits per heavy atom. The van der Waals surface area contributed by atoms with Crippen LogP contribution < -0.4 is 0 Å². The molecular weight excluding hydrogens is 164 g/mol. The molecule has 72 valence electrons. The lowest BCUT2D eigenvalue weighted by Crippen LogP contribution is -1.99. The Balaban J connectivity index is 0.000000424. The number of esters is 1. The van der Waals surface area contributed by atoms with Gasteiger partial charge in [0.25, 0.3) is 0 Å². The van der Waals surface area contributed by atoms with Crippen LogP contribution in [0.25, 0.3) is 0 Å². The second kappa shape index (κ2) is 7.35. The molecular formula is C11H16O2. The first-order chi connectivity index (χ1) is 6.26. The summed E-state index contributed by atoms with van der Waals surface area (Å²) in [5, 5.41) is 0. The fraction of sp³-hybridized carbons (Fsp3) is 0.364. The van der Waals surface area contributed by atoms with E-state index in [0.29, 0.717) is 5.56 Å². The summed E-state index contributed by atoms with van der Waals surface area (Å²) < 4.78 is 4.50. The number of hydrogen-bond donors (Lipinski definition) is 0. The zero-order valence-electron chi connectivity index (χ0n) is 8.41. The van der Waals surface area contributed by atoms with E-state index < -0.39 is 0 Å². The van der Waals surface area contributed by atoms with Crippen molar-refractivity contribution in [2.45, 2.75) is 20.3 Å². The molecule has 0 unspecified atom stereocenters. The monoisotopic (exact) mass is 180 g/mol. The molecule has 0 bridgehead atoms. The van der Waals surface area contributed by atoms with E-state index in [4.69, 9.17) is 0 Å². The van der Waals surface area contributed by atoms with Gasteiger partial charge in [-0.05, 0) is 12.1 Å². The van der Waals surface area contributed by atoms with Crippen LogP contribution in [0.15, 0.2) is 30.3 Å². The first kappa shape index (κ1) is 11.7. The highest BCUT2D eigenvalue weighted by Crippen LogP contribution is 1.98. The van der Waals surface area contributed by atoms with E-state index in [2.05, 4.69) is 18.6 Å². The number of ether oxygens (including phenoxy) is 1. The molecule has 0 atom stereocenters. The second-order valence-electron chi connectivity index (χ2n) is 2.56. The van der Waals surface area contributed by atoms with Gasteiger partial charge in [0.1, 0.15) is 0 Å². The highest BCUT2D eigenvalue weighted by atomic mass is 16.5. The summed E-state index contributed by atoms with van der Waals surface area (Å²) in [7, 11) is 1.37. The summed E-state index contributed by atoms with van der Waals surface area (Å²) in [6.07, 6.45) is 1.25.